The number of aliphatic hydroxyl groups is 1. The van der Waals surface area contributed by atoms with E-state index in [-0.39, 0.29) is 31.1 Å². The van der Waals surface area contributed by atoms with E-state index in [4.69, 9.17) is 50.4 Å². The topological polar surface area (TPSA) is 99.3 Å². The van der Waals surface area contributed by atoms with E-state index in [2.05, 4.69) is 9.80 Å². The third kappa shape index (κ3) is 8.20. The van der Waals surface area contributed by atoms with Crippen molar-refractivity contribution >= 4 is 58.0 Å². The van der Waals surface area contributed by atoms with Crippen LogP contribution in [0.2, 0.25) is 15.1 Å². The first-order valence-corrected chi connectivity index (χ1v) is 17.6. The average molecular weight is 694 g/mol. The molecule has 2 aromatic carbocycles. The second-order valence-electron chi connectivity index (χ2n) is 11.9. The van der Waals surface area contributed by atoms with E-state index in [0.717, 1.165) is 42.9 Å². The third-order valence-corrected chi connectivity index (χ3v) is 10.1. The van der Waals surface area contributed by atoms with Gasteiger partial charge in [0.05, 0.1) is 24.2 Å². The number of nitrogens with two attached hydrogens (primary N) is 1. The van der Waals surface area contributed by atoms with Crippen LogP contribution in [0.4, 0.5) is 5.69 Å². The monoisotopic (exact) mass is 692 g/mol. The fourth-order valence-electron chi connectivity index (χ4n) is 7.00. The number of aliphatic hydroxyl groups excluding tert-OH is 1. The molecule has 5 rings (SSSR count). The number of carbonyl (C=O) groups excluding carboxylic acids is 2. The first-order valence-electron chi connectivity index (χ1n) is 16.5. The van der Waals surface area contributed by atoms with Gasteiger partial charge in [-0.2, -0.15) is 0 Å². The van der Waals surface area contributed by atoms with Gasteiger partial charge in [0.2, 0.25) is 11.8 Å². The van der Waals surface area contributed by atoms with Gasteiger partial charge in [-0.05, 0) is 100 Å². The number of hydrogen-bond acceptors (Lipinski definition) is 6. The summed E-state index contributed by atoms with van der Waals surface area (Å²) in [4.78, 5) is 33.6. The Hall–Kier alpha value is -2.33. The summed E-state index contributed by atoms with van der Waals surface area (Å²) in [5.41, 5.74) is 7.82. The van der Waals surface area contributed by atoms with Crippen LogP contribution in [0.3, 0.4) is 0 Å². The Balaban J connectivity index is 0.00000235. The number of likely N-dealkylation sites (tertiary alicyclic amines) is 2. The molecule has 0 spiro atoms. The predicted molar refractivity (Wildman–Crippen MR) is 187 cm³/mol. The number of amides is 2. The number of nitrogens with zero attached hydrogens (tertiary/aromatic N) is 3. The molecule has 11 heteroatoms. The van der Waals surface area contributed by atoms with Crippen molar-refractivity contribution in [3.63, 3.8) is 0 Å². The number of halogens is 3. The average Bonchev–Trinajstić information content (AvgIpc) is 3.44. The van der Waals surface area contributed by atoms with E-state index >= 15 is 0 Å². The van der Waals surface area contributed by atoms with Crippen molar-refractivity contribution in [1.82, 2.24) is 9.80 Å². The smallest absolute Gasteiger partial charge is 0.238 e. The Bertz CT molecular complexity index is 1340. The van der Waals surface area contributed by atoms with Crippen LogP contribution >= 0.6 is 34.8 Å². The molecule has 2 unspecified atom stereocenters. The number of hydrogen-bond donors (Lipinski definition) is 2. The van der Waals surface area contributed by atoms with E-state index in [1.807, 2.05) is 55.2 Å². The van der Waals surface area contributed by atoms with Crippen LogP contribution < -0.4 is 10.6 Å². The Morgan fingerprint density at radius 2 is 1.59 bits per heavy atom. The summed E-state index contributed by atoms with van der Waals surface area (Å²) >= 11 is 19.3. The van der Waals surface area contributed by atoms with E-state index in [1.165, 1.54) is 6.42 Å². The summed E-state index contributed by atoms with van der Waals surface area (Å²) in [6, 6.07) is 12.7. The maximum absolute atomic E-state index is 14.4. The highest BCUT2D eigenvalue weighted by atomic mass is 35.5. The van der Waals surface area contributed by atoms with Gasteiger partial charge in [0.1, 0.15) is 5.54 Å². The molecule has 0 saturated carbocycles. The Morgan fingerprint density at radius 1 is 0.935 bits per heavy atom. The molecular formula is C35H47Cl3N4O4. The first kappa shape index (κ1) is 36.5. The zero-order valence-corrected chi connectivity index (χ0v) is 29.2. The molecule has 252 valence electrons. The minimum atomic E-state index is -0.705. The van der Waals surface area contributed by atoms with Crippen LogP contribution in [0.25, 0.3) is 5.70 Å². The molecule has 2 amide bonds. The van der Waals surface area contributed by atoms with E-state index in [9.17, 15) is 9.59 Å². The van der Waals surface area contributed by atoms with Crippen molar-refractivity contribution < 1.29 is 19.4 Å². The maximum Gasteiger partial charge on any atom is 0.238 e. The lowest BCUT2D eigenvalue weighted by Gasteiger charge is -2.48. The Kier molecular flexibility index (Phi) is 13.6. The number of anilines is 1. The molecule has 0 aliphatic carbocycles. The van der Waals surface area contributed by atoms with Gasteiger partial charge >= 0.3 is 0 Å². The van der Waals surface area contributed by atoms with Gasteiger partial charge in [-0.1, -0.05) is 55.1 Å². The van der Waals surface area contributed by atoms with Crippen molar-refractivity contribution in [2.45, 2.75) is 70.4 Å². The fourth-order valence-corrected chi connectivity index (χ4v) is 7.63. The minimum Gasteiger partial charge on any atom is -0.394 e. The molecule has 3 heterocycles. The van der Waals surface area contributed by atoms with Gasteiger partial charge < -0.3 is 25.4 Å². The van der Waals surface area contributed by atoms with Gasteiger partial charge in [-0.15, -0.1) is 0 Å². The van der Waals surface area contributed by atoms with Crippen molar-refractivity contribution in [1.29, 1.82) is 0 Å². The SMILES string of the molecule is CC.NC(=O)C1(N2CCCCC2)CCN(C(=O)C2C=C(c3ccc(Cl)cc3Cl)N(c3ccc(Cl)cc3)C2CCCOCCO)CC1. The summed E-state index contributed by atoms with van der Waals surface area (Å²) in [7, 11) is 0. The Morgan fingerprint density at radius 3 is 2.20 bits per heavy atom. The minimum absolute atomic E-state index is 0.0158. The summed E-state index contributed by atoms with van der Waals surface area (Å²) in [5.74, 6) is -0.745. The standard InChI is InChI=1S/C33H41Cl3N4O4.C2H6/c34-23-6-9-25(10-7-23)40-29(5-4-19-44-20-18-41)27(22-30(40)26-11-8-24(35)21-28(26)36)31(42)38-16-12-33(13-17-38,32(37)43)39-14-2-1-3-15-39;1-2/h6-11,21-22,27,29,41H,1-5,12-20H2,(H2,37,43);1-2H3. The van der Waals surface area contributed by atoms with Crippen molar-refractivity contribution in [2.75, 3.05) is 50.9 Å². The molecule has 3 aliphatic heterocycles. The number of ether oxygens (including phenoxy) is 1. The molecule has 2 fully saturated rings. The second-order valence-corrected chi connectivity index (χ2v) is 13.1. The molecule has 2 atom stereocenters. The van der Waals surface area contributed by atoms with Gasteiger partial charge in [-0.25, -0.2) is 0 Å². The Labute approximate surface area is 288 Å². The summed E-state index contributed by atoms with van der Waals surface area (Å²) in [6.45, 7) is 7.35. The molecule has 0 radical (unpaired) electrons. The molecule has 3 aliphatic rings. The summed E-state index contributed by atoms with van der Waals surface area (Å²) in [6.07, 6.45) is 7.71. The molecule has 0 bridgehead atoms. The summed E-state index contributed by atoms with van der Waals surface area (Å²) < 4.78 is 5.58. The van der Waals surface area contributed by atoms with E-state index in [0.29, 0.717) is 60.4 Å². The van der Waals surface area contributed by atoms with Crippen LogP contribution in [0.15, 0.2) is 48.5 Å². The first-order chi connectivity index (χ1) is 22.2. The molecule has 0 aromatic heterocycles. The van der Waals surface area contributed by atoms with Gasteiger partial charge in [-0.3, -0.25) is 14.5 Å². The van der Waals surface area contributed by atoms with Crippen molar-refractivity contribution in [3.05, 3.63) is 69.2 Å². The highest BCUT2D eigenvalue weighted by Crippen LogP contribution is 2.44. The lowest BCUT2D eigenvalue weighted by molar-refractivity contribution is -0.143. The predicted octanol–water partition coefficient (Wildman–Crippen LogP) is 6.64. The maximum atomic E-state index is 14.4. The largest absolute Gasteiger partial charge is 0.394 e. The van der Waals surface area contributed by atoms with Crippen LogP contribution in [0, 0.1) is 5.92 Å². The quantitative estimate of drug-likeness (QED) is 0.256. The zero-order chi connectivity index (χ0) is 33.3. The molecular weight excluding hydrogens is 647 g/mol. The van der Waals surface area contributed by atoms with Gasteiger partial charge in [0.25, 0.3) is 0 Å². The van der Waals surface area contributed by atoms with Gasteiger partial charge in [0, 0.05) is 52.7 Å². The highest BCUT2D eigenvalue weighted by molar-refractivity contribution is 6.36. The van der Waals surface area contributed by atoms with Crippen LogP contribution in [0.5, 0.6) is 0 Å². The zero-order valence-electron chi connectivity index (χ0n) is 26.9. The van der Waals surface area contributed by atoms with Crippen LogP contribution in [-0.4, -0.2) is 84.3 Å². The lowest BCUT2D eigenvalue weighted by atomic mass is 9.82. The molecule has 8 nitrogen and oxygen atoms in total. The number of piperidine rings is 2. The summed E-state index contributed by atoms with van der Waals surface area (Å²) in [5, 5.41) is 10.8. The number of benzene rings is 2. The van der Waals surface area contributed by atoms with Crippen molar-refractivity contribution in [3.8, 4) is 0 Å². The molecule has 2 aromatic rings. The molecule has 3 N–H and O–H groups in total. The number of primary amides is 1. The second kappa shape index (κ2) is 17.2. The molecule has 2 saturated heterocycles. The fraction of sp³-hybridized carbons (Fsp3) is 0.543. The highest BCUT2D eigenvalue weighted by Gasteiger charge is 2.48. The normalized spacial score (nSPS) is 21.4. The lowest BCUT2D eigenvalue weighted by Crippen LogP contribution is -2.64. The van der Waals surface area contributed by atoms with Crippen LogP contribution in [-0.2, 0) is 14.3 Å². The molecule has 46 heavy (non-hydrogen) atoms. The van der Waals surface area contributed by atoms with Crippen LogP contribution in [0.1, 0.15) is 64.4 Å². The van der Waals surface area contributed by atoms with Gasteiger partial charge in [0.15, 0.2) is 0 Å². The van der Waals surface area contributed by atoms with Crippen molar-refractivity contribution in [2.24, 2.45) is 11.7 Å². The van der Waals surface area contributed by atoms with E-state index < -0.39 is 11.5 Å². The third-order valence-electron chi connectivity index (χ3n) is 9.29. The van der Waals surface area contributed by atoms with E-state index in [1.54, 1.807) is 12.1 Å². The number of carbonyl (C=O) groups is 2. The number of rotatable bonds is 11.